The second-order valence-corrected chi connectivity index (χ2v) is 6.69. The van der Waals surface area contributed by atoms with Gasteiger partial charge in [0.25, 0.3) is 0 Å². The predicted octanol–water partition coefficient (Wildman–Crippen LogP) is 2.17. The van der Waals surface area contributed by atoms with Crippen molar-refractivity contribution in [2.24, 2.45) is 17.3 Å². The summed E-state index contributed by atoms with van der Waals surface area (Å²) >= 11 is 0. The van der Waals surface area contributed by atoms with Crippen LogP contribution in [-0.4, -0.2) is 41.6 Å². The Labute approximate surface area is 115 Å². The van der Waals surface area contributed by atoms with Gasteiger partial charge in [-0.2, -0.15) is 0 Å². The van der Waals surface area contributed by atoms with E-state index in [9.17, 15) is 9.59 Å². The van der Waals surface area contributed by atoms with Crippen molar-refractivity contribution in [1.29, 1.82) is 0 Å². The van der Waals surface area contributed by atoms with Gasteiger partial charge in [0.15, 0.2) is 0 Å². The third kappa shape index (κ3) is 5.09. The van der Waals surface area contributed by atoms with Gasteiger partial charge in [-0.3, -0.25) is 4.79 Å². The molecule has 0 radical (unpaired) electrons. The Hall–Kier alpha value is -1.26. The number of hydrogen-bond donors (Lipinski definition) is 2. The lowest BCUT2D eigenvalue weighted by Crippen LogP contribution is -2.41. The van der Waals surface area contributed by atoms with Crippen molar-refractivity contribution in [2.45, 2.75) is 40.5 Å². The highest BCUT2D eigenvalue weighted by Crippen LogP contribution is 2.33. The van der Waals surface area contributed by atoms with Gasteiger partial charge in [-0.25, -0.2) is 4.79 Å². The number of nitrogens with one attached hydrogen (secondary N) is 1. The van der Waals surface area contributed by atoms with Crippen LogP contribution < -0.4 is 5.32 Å². The summed E-state index contributed by atoms with van der Waals surface area (Å²) in [6, 6.07) is -0.0658. The van der Waals surface area contributed by atoms with E-state index in [1.165, 1.54) is 0 Å². The number of nitrogens with zero attached hydrogens (tertiary/aromatic N) is 1. The number of amides is 2. The fourth-order valence-corrected chi connectivity index (χ4v) is 2.40. The van der Waals surface area contributed by atoms with Crippen molar-refractivity contribution >= 4 is 12.0 Å². The Morgan fingerprint density at radius 3 is 2.53 bits per heavy atom. The molecule has 19 heavy (non-hydrogen) atoms. The molecule has 1 saturated heterocycles. The largest absolute Gasteiger partial charge is 0.481 e. The van der Waals surface area contributed by atoms with Gasteiger partial charge >= 0.3 is 12.0 Å². The highest BCUT2D eigenvalue weighted by atomic mass is 16.4. The Morgan fingerprint density at radius 1 is 1.42 bits per heavy atom. The summed E-state index contributed by atoms with van der Waals surface area (Å²) in [5.74, 6) is -0.326. The van der Waals surface area contributed by atoms with Gasteiger partial charge in [-0.15, -0.1) is 0 Å². The first kappa shape index (κ1) is 15.8. The third-order valence-electron chi connectivity index (χ3n) is 3.83. The zero-order valence-corrected chi connectivity index (χ0v) is 12.4. The Balaban J connectivity index is 2.34. The minimum Gasteiger partial charge on any atom is -0.481 e. The second-order valence-electron chi connectivity index (χ2n) is 6.69. The molecule has 5 nitrogen and oxygen atoms in total. The van der Waals surface area contributed by atoms with E-state index in [2.05, 4.69) is 26.1 Å². The van der Waals surface area contributed by atoms with E-state index in [0.717, 1.165) is 19.5 Å². The molecule has 5 heteroatoms. The summed E-state index contributed by atoms with van der Waals surface area (Å²) in [7, 11) is 0. The normalized spacial score (nSPS) is 21.3. The van der Waals surface area contributed by atoms with Gasteiger partial charge in [0.05, 0.1) is 0 Å². The number of carboxylic acids is 1. The monoisotopic (exact) mass is 270 g/mol. The molecule has 1 aliphatic heterocycles. The lowest BCUT2D eigenvalue weighted by Gasteiger charge is -2.27. The first-order chi connectivity index (χ1) is 8.70. The van der Waals surface area contributed by atoms with E-state index in [1.54, 1.807) is 0 Å². The number of likely N-dealkylation sites (tertiary alicyclic amines) is 1. The number of carbonyl (C=O) groups excluding carboxylic acids is 1. The molecule has 0 aromatic rings. The van der Waals surface area contributed by atoms with Crippen LogP contribution in [0.3, 0.4) is 0 Å². The smallest absolute Gasteiger partial charge is 0.317 e. The van der Waals surface area contributed by atoms with Crippen LogP contribution in [0, 0.1) is 17.3 Å². The van der Waals surface area contributed by atoms with Crippen molar-refractivity contribution in [1.82, 2.24) is 10.2 Å². The zero-order chi connectivity index (χ0) is 14.6. The maximum absolute atomic E-state index is 12.0. The van der Waals surface area contributed by atoms with Gasteiger partial charge in [0, 0.05) is 26.1 Å². The molecule has 0 spiro atoms. The van der Waals surface area contributed by atoms with E-state index in [1.807, 2.05) is 11.8 Å². The van der Waals surface area contributed by atoms with Crippen molar-refractivity contribution in [3.63, 3.8) is 0 Å². The highest BCUT2D eigenvalue weighted by molar-refractivity contribution is 5.74. The summed E-state index contributed by atoms with van der Waals surface area (Å²) in [4.78, 5) is 24.4. The summed E-state index contributed by atoms with van der Waals surface area (Å²) in [5, 5.41) is 11.5. The van der Waals surface area contributed by atoms with Gasteiger partial charge < -0.3 is 15.3 Å². The number of rotatable bonds is 4. The van der Waals surface area contributed by atoms with Gasteiger partial charge in [-0.05, 0) is 23.7 Å². The van der Waals surface area contributed by atoms with Crippen LogP contribution in [0.4, 0.5) is 4.79 Å². The van der Waals surface area contributed by atoms with Crippen molar-refractivity contribution in [2.75, 3.05) is 19.6 Å². The van der Waals surface area contributed by atoms with E-state index in [-0.39, 0.29) is 23.8 Å². The van der Waals surface area contributed by atoms with Crippen LogP contribution >= 0.6 is 0 Å². The number of hydrogen-bond acceptors (Lipinski definition) is 2. The van der Waals surface area contributed by atoms with Crippen LogP contribution in [-0.2, 0) is 4.79 Å². The van der Waals surface area contributed by atoms with Crippen molar-refractivity contribution in [3.05, 3.63) is 0 Å². The lowest BCUT2D eigenvalue weighted by atomic mass is 9.80. The Bertz CT molecular complexity index is 336. The number of carbonyl (C=O) groups is 2. The number of aliphatic carboxylic acids is 1. The molecule has 0 aromatic carbocycles. The van der Waals surface area contributed by atoms with E-state index >= 15 is 0 Å². The van der Waals surface area contributed by atoms with Gasteiger partial charge in [0.2, 0.25) is 0 Å². The first-order valence-corrected chi connectivity index (χ1v) is 6.94. The van der Waals surface area contributed by atoms with Crippen LogP contribution in [0.2, 0.25) is 0 Å². The Kier molecular flexibility index (Phi) is 5.20. The number of carboxylic acid groups (broad SMARTS) is 1. The van der Waals surface area contributed by atoms with Crippen LogP contribution in [0.25, 0.3) is 0 Å². The standard InChI is InChI=1S/C14H26N2O3/c1-10(7-12(17)18)8-15-13(19)16-6-5-11(9-16)14(2,3)4/h10-11H,5-9H2,1-4H3,(H,15,19)(H,17,18). The molecule has 0 saturated carbocycles. The molecule has 1 aliphatic rings. The first-order valence-electron chi connectivity index (χ1n) is 6.94. The van der Waals surface area contributed by atoms with E-state index in [0.29, 0.717) is 12.5 Å². The van der Waals surface area contributed by atoms with Crippen molar-refractivity contribution < 1.29 is 14.7 Å². The molecule has 2 amide bonds. The fourth-order valence-electron chi connectivity index (χ4n) is 2.40. The van der Waals surface area contributed by atoms with Crippen LogP contribution in [0.1, 0.15) is 40.5 Å². The third-order valence-corrected chi connectivity index (χ3v) is 3.83. The summed E-state index contributed by atoms with van der Waals surface area (Å²) in [5.41, 5.74) is 0.228. The van der Waals surface area contributed by atoms with Crippen LogP contribution in [0.15, 0.2) is 0 Å². The molecular weight excluding hydrogens is 244 g/mol. The van der Waals surface area contributed by atoms with E-state index < -0.39 is 5.97 Å². The lowest BCUT2D eigenvalue weighted by molar-refractivity contribution is -0.137. The molecule has 0 aliphatic carbocycles. The highest BCUT2D eigenvalue weighted by Gasteiger charge is 2.33. The molecule has 1 heterocycles. The number of urea groups is 1. The quantitative estimate of drug-likeness (QED) is 0.822. The zero-order valence-electron chi connectivity index (χ0n) is 12.4. The van der Waals surface area contributed by atoms with Gasteiger partial charge in [-0.1, -0.05) is 27.7 Å². The second kappa shape index (κ2) is 6.26. The molecule has 2 N–H and O–H groups in total. The minimum absolute atomic E-state index is 0.0394. The Morgan fingerprint density at radius 2 is 2.05 bits per heavy atom. The summed E-state index contributed by atoms with van der Waals surface area (Å²) in [6.07, 6.45) is 1.13. The maximum atomic E-state index is 12.0. The molecule has 2 atom stereocenters. The molecule has 0 aromatic heterocycles. The van der Waals surface area contributed by atoms with Crippen molar-refractivity contribution in [3.8, 4) is 0 Å². The summed E-state index contributed by atoms with van der Waals surface area (Å²) in [6.45, 7) is 10.4. The van der Waals surface area contributed by atoms with Gasteiger partial charge in [0.1, 0.15) is 0 Å². The molecule has 0 bridgehead atoms. The topological polar surface area (TPSA) is 69.6 Å². The minimum atomic E-state index is -0.823. The molecule has 1 fully saturated rings. The average molecular weight is 270 g/mol. The fraction of sp³-hybridized carbons (Fsp3) is 0.857. The average Bonchev–Trinajstić information content (AvgIpc) is 2.73. The molecular formula is C14H26N2O3. The predicted molar refractivity (Wildman–Crippen MR) is 74.0 cm³/mol. The summed E-state index contributed by atoms with van der Waals surface area (Å²) < 4.78 is 0. The van der Waals surface area contributed by atoms with Crippen LogP contribution in [0.5, 0.6) is 0 Å². The molecule has 2 unspecified atom stereocenters. The molecule has 1 rings (SSSR count). The van der Waals surface area contributed by atoms with E-state index in [4.69, 9.17) is 5.11 Å². The SMILES string of the molecule is CC(CNC(=O)N1CCC(C(C)(C)C)C1)CC(=O)O. The molecule has 110 valence electrons. The maximum Gasteiger partial charge on any atom is 0.317 e.